The van der Waals surface area contributed by atoms with Gasteiger partial charge in [-0.3, -0.25) is 0 Å². The predicted molar refractivity (Wildman–Crippen MR) is 69.9 cm³/mol. The zero-order chi connectivity index (χ0) is 12.4. The third-order valence-electron chi connectivity index (χ3n) is 3.01. The van der Waals surface area contributed by atoms with E-state index in [1.807, 2.05) is 16.9 Å². The molecule has 1 aliphatic carbocycles. The lowest BCUT2D eigenvalue weighted by atomic mass is 10.3. The summed E-state index contributed by atoms with van der Waals surface area (Å²) in [5, 5.41) is 7.75. The van der Waals surface area contributed by atoms with Crippen LogP contribution in [0.15, 0.2) is 24.5 Å². The molecule has 0 aromatic carbocycles. The van der Waals surface area contributed by atoms with Gasteiger partial charge in [-0.15, -0.1) is 0 Å². The lowest BCUT2D eigenvalue weighted by molar-refractivity contribution is 0.806. The minimum Gasteiger partial charge on any atom is -0.354 e. The van der Waals surface area contributed by atoms with Crippen molar-refractivity contribution in [1.29, 1.82) is 0 Å². The fraction of sp³-hybridized carbons (Fsp3) is 0.462. The number of nitrogens with zero attached hydrogens (tertiary/aromatic N) is 4. The summed E-state index contributed by atoms with van der Waals surface area (Å²) in [6.07, 6.45) is 7.33. The van der Waals surface area contributed by atoms with Gasteiger partial charge in [0.2, 0.25) is 5.95 Å². The molecule has 5 heteroatoms. The first-order chi connectivity index (χ1) is 8.86. The maximum Gasteiger partial charge on any atom is 0.224 e. The van der Waals surface area contributed by atoms with Gasteiger partial charge in [0, 0.05) is 30.9 Å². The van der Waals surface area contributed by atoms with Crippen LogP contribution in [0.4, 0.5) is 5.95 Å². The highest BCUT2D eigenvalue weighted by molar-refractivity contribution is 5.31. The second kappa shape index (κ2) is 4.76. The number of aromatic nitrogens is 4. The van der Waals surface area contributed by atoms with Crippen LogP contribution < -0.4 is 5.32 Å². The van der Waals surface area contributed by atoms with Gasteiger partial charge in [0.05, 0.1) is 5.69 Å². The summed E-state index contributed by atoms with van der Waals surface area (Å²) in [5.74, 6) is 2.15. The van der Waals surface area contributed by atoms with E-state index in [1.54, 1.807) is 6.20 Å². The molecule has 0 radical (unpaired) electrons. The van der Waals surface area contributed by atoms with E-state index >= 15 is 0 Å². The second-order valence-electron chi connectivity index (χ2n) is 4.62. The summed E-state index contributed by atoms with van der Waals surface area (Å²) >= 11 is 0. The highest BCUT2D eigenvalue weighted by atomic mass is 15.3. The number of hydrogen-bond donors (Lipinski definition) is 1. The van der Waals surface area contributed by atoms with Crippen LogP contribution in [0.25, 0.3) is 5.82 Å². The maximum atomic E-state index is 4.56. The Morgan fingerprint density at radius 2 is 2.28 bits per heavy atom. The third kappa shape index (κ3) is 2.34. The third-order valence-corrected chi connectivity index (χ3v) is 3.01. The molecule has 0 aliphatic heterocycles. The Morgan fingerprint density at radius 1 is 1.39 bits per heavy atom. The molecule has 1 N–H and O–H groups in total. The molecule has 2 aromatic rings. The van der Waals surface area contributed by atoms with Crippen molar-refractivity contribution in [2.75, 3.05) is 11.9 Å². The Labute approximate surface area is 106 Å². The molecule has 1 aliphatic rings. The number of nitrogens with one attached hydrogen (secondary N) is 1. The van der Waals surface area contributed by atoms with Crippen LogP contribution in [0.3, 0.4) is 0 Å². The van der Waals surface area contributed by atoms with E-state index in [-0.39, 0.29) is 0 Å². The first-order valence-electron chi connectivity index (χ1n) is 6.49. The van der Waals surface area contributed by atoms with Crippen molar-refractivity contribution in [3.05, 3.63) is 30.2 Å². The summed E-state index contributed by atoms with van der Waals surface area (Å²) in [7, 11) is 0. The van der Waals surface area contributed by atoms with Gasteiger partial charge in [-0.1, -0.05) is 6.92 Å². The van der Waals surface area contributed by atoms with Gasteiger partial charge in [0.15, 0.2) is 5.82 Å². The maximum absolute atomic E-state index is 4.56. The predicted octanol–water partition coefficient (Wildman–Crippen LogP) is 2.36. The molecule has 0 atom stereocenters. The van der Waals surface area contributed by atoms with Crippen LogP contribution in [0.1, 0.15) is 37.8 Å². The van der Waals surface area contributed by atoms with Crippen molar-refractivity contribution in [1.82, 2.24) is 19.7 Å². The molecule has 0 bridgehead atoms. The Morgan fingerprint density at radius 3 is 3.06 bits per heavy atom. The van der Waals surface area contributed by atoms with E-state index in [1.165, 1.54) is 18.5 Å². The van der Waals surface area contributed by atoms with E-state index in [0.717, 1.165) is 18.8 Å². The molecule has 0 spiro atoms. The van der Waals surface area contributed by atoms with Gasteiger partial charge in [0.1, 0.15) is 0 Å². The highest BCUT2D eigenvalue weighted by Gasteiger charge is 2.25. The van der Waals surface area contributed by atoms with Crippen LogP contribution in [-0.2, 0) is 0 Å². The quantitative estimate of drug-likeness (QED) is 0.875. The van der Waals surface area contributed by atoms with Crippen molar-refractivity contribution < 1.29 is 0 Å². The molecule has 1 saturated carbocycles. The van der Waals surface area contributed by atoms with E-state index in [0.29, 0.717) is 11.9 Å². The summed E-state index contributed by atoms with van der Waals surface area (Å²) in [6, 6.07) is 3.96. The molecule has 2 heterocycles. The molecule has 0 unspecified atom stereocenters. The molecule has 3 rings (SSSR count). The number of anilines is 1. The van der Waals surface area contributed by atoms with Crippen LogP contribution >= 0.6 is 0 Å². The highest BCUT2D eigenvalue weighted by Crippen LogP contribution is 2.38. The average molecular weight is 243 g/mol. The minimum absolute atomic E-state index is 0.665. The molecule has 0 saturated heterocycles. The summed E-state index contributed by atoms with van der Waals surface area (Å²) < 4.78 is 1.83. The van der Waals surface area contributed by atoms with Gasteiger partial charge in [-0.05, 0) is 25.3 Å². The molecule has 1 fully saturated rings. The van der Waals surface area contributed by atoms with Gasteiger partial charge in [-0.2, -0.15) is 10.1 Å². The summed E-state index contributed by atoms with van der Waals surface area (Å²) in [5.41, 5.74) is 1.18. The second-order valence-corrected chi connectivity index (χ2v) is 4.62. The first-order valence-corrected chi connectivity index (χ1v) is 6.49. The standard InChI is InChI=1S/C13H17N5/c1-2-7-14-13-15-8-5-12(16-13)18-9-6-11(17-18)10-3-4-10/h5-6,8-10H,2-4,7H2,1H3,(H,14,15,16). The van der Waals surface area contributed by atoms with Gasteiger partial charge < -0.3 is 5.32 Å². The molecule has 18 heavy (non-hydrogen) atoms. The van der Waals surface area contributed by atoms with Crippen molar-refractivity contribution >= 4 is 5.95 Å². The van der Waals surface area contributed by atoms with E-state index in [4.69, 9.17) is 0 Å². The molecular weight excluding hydrogens is 226 g/mol. The zero-order valence-corrected chi connectivity index (χ0v) is 10.5. The topological polar surface area (TPSA) is 55.6 Å². The molecular formula is C13H17N5. The molecule has 2 aromatic heterocycles. The van der Waals surface area contributed by atoms with Gasteiger partial charge in [0.25, 0.3) is 0 Å². The fourth-order valence-electron chi connectivity index (χ4n) is 1.86. The van der Waals surface area contributed by atoms with E-state index in [9.17, 15) is 0 Å². The summed E-state index contributed by atoms with van der Waals surface area (Å²) in [6.45, 7) is 3.00. The SMILES string of the molecule is CCCNc1nccc(-n2ccc(C3CC3)n2)n1. The van der Waals surface area contributed by atoms with Crippen molar-refractivity contribution in [2.45, 2.75) is 32.1 Å². The van der Waals surface area contributed by atoms with Gasteiger partial charge >= 0.3 is 0 Å². The van der Waals surface area contributed by atoms with Crippen LogP contribution in [0, 0.1) is 0 Å². The van der Waals surface area contributed by atoms with Gasteiger partial charge in [-0.25, -0.2) is 9.67 Å². The Hall–Kier alpha value is -1.91. The molecule has 94 valence electrons. The fourth-order valence-corrected chi connectivity index (χ4v) is 1.86. The lowest BCUT2D eigenvalue weighted by Gasteiger charge is -2.04. The lowest BCUT2D eigenvalue weighted by Crippen LogP contribution is -2.07. The van der Waals surface area contributed by atoms with Crippen molar-refractivity contribution in [2.24, 2.45) is 0 Å². The Bertz CT molecular complexity index is 530. The normalized spacial score (nSPS) is 14.7. The molecule has 5 nitrogen and oxygen atoms in total. The zero-order valence-electron chi connectivity index (χ0n) is 10.5. The van der Waals surface area contributed by atoms with Crippen LogP contribution in [-0.4, -0.2) is 26.3 Å². The Balaban J connectivity index is 1.81. The number of rotatable bonds is 5. The largest absolute Gasteiger partial charge is 0.354 e. The average Bonchev–Trinajstić information content (AvgIpc) is 3.14. The van der Waals surface area contributed by atoms with Crippen LogP contribution in [0.2, 0.25) is 0 Å². The van der Waals surface area contributed by atoms with Crippen molar-refractivity contribution in [3.8, 4) is 5.82 Å². The molecule has 0 amide bonds. The smallest absolute Gasteiger partial charge is 0.224 e. The van der Waals surface area contributed by atoms with E-state index < -0.39 is 0 Å². The van der Waals surface area contributed by atoms with Crippen molar-refractivity contribution in [3.63, 3.8) is 0 Å². The van der Waals surface area contributed by atoms with E-state index in [2.05, 4.69) is 33.4 Å². The summed E-state index contributed by atoms with van der Waals surface area (Å²) in [4.78, 5) is 8.65. The monoisotopic (exact) mass is 243 g/mol. The Kier molecular flexibility index (Phi) is 2.96. The number of hydrogen-bond acceptors (Lipinski definition) is 4. The first kappa shape index (κ1) is 11.2. The minimum atomic E-state index is 0.665. The van der Waals surface area contributed by atoms with Crippen LogP contribution in [0.5, 0.6) is 0 Å².